The van der Waals surface area contributed by atoms with Crippen LogP contribution in [0.1, 0.15) is 34.1 Å². The van der Waals surface area contributed by atoms with Crippen LogP contribution < -0.4 is 10.6 Å². The van der Waals surface area contributed by atoms with Crippen LogP contribution in [0.4, 0.5) is 0 Å². The lowest BCUT2D eigenvalue weighted by Gasteiger charge is -2.25. The van der Waals surface area contributed by atoms with Crippen molar-refractivity contribution in [3.63, 3.8) is 0 Å². The summed E-state index contributed by atoms with van der Waals surface area (Å²) in [4.78, 5) is 25.7. The van der Waals surface area contributed by atoms with Gasteiger partial charge in [0.05, 0.1) is 11.1 Å². The summed E-state index contributed by atoms with van der Waals surface area (Å²) in [7, 11) is 0. The summed E-state index contributed by atoms with van der Waals surface area (Å²) in [5, 5.41) is 6.76. The molecule has 2 heterocycles. The molecule has 0 spiro atoms. The van der Waals surface area contributed by atoms with Gasteiger partial charge in [-0.25, -0.2) is 0 Å². The minimum absolute atomic E-state index is 0.0681. The summed E-state index contributed by atoms with van der Waals surface area (Å²) in [5.41, 5.74) is 1.11. The maximum atomic E-state index is 12.2. The molecule has 2 aliphatic rings. The number of hydrogen-bond donors (Lipinski definition) is 2. The Morgan fingerprint density at radius 3 is 2.45 bits per heavy atom. The molecular formula is C15H19N3O2. The van der Waals surface area contributed by atoms with Crippen LogP contribution in [0, 0.1) is 0 Å². The van der Waals surface area contributed by atoms with E-state index < -0.39 is 0 Å². The molecule has 0 aromatic heterocycles. The maximum Gasteiger partial charge on any atom is 0.261 e. The van der Waals surface area contributed by atoms with Crippen molar-refractivity contribution >= 4 is 11.8 Å². The van der Waals surface area contributed by atoms with Gasteiger partial charge in [-0.2, -0.15) is 0 Å². The van der Waals surface area contributed by atoms with Gasteiger partial charge in [-0.3, -0.25) is 14.5 Å². The molecule has 1 aromatic rings. The number of carbonyl (C=O) groups excluding carboxylic acids is 2. The normalized spacial score (nSPS) is 25.4. The highest BCUT2D eigenvalue weighted by Gasteiger charge is 2.35. The Morgan fingerprint density at radius 1 is 1.25 bits per heavy atom. The van der Waals surface area contributed by atoms with Gasteiger partial charge in [0.1, 0.15) is 0 Å². The van der Waals surface area contributed by atoms with Gasteiger partial charge in [-0.05, 0) is 32.0 Å². The number of fused-ring (bicyclic) bond motifs is 1. The lowest BCUT2D eigenvalue weighted by atomic mass is 10.0. The van der Waals surface area contributed by atoms with Crippen LogP contribution in [-0.2, 0) is 0 Å². The Balaban J connectivity index is 1.62. The first-order chi connectivity index (χ1) is 9.61. The second-order valence-corrected chi connectivity index (χ2v) is 5.72. The third kappa shape index (κ3) is 2.23. The molecule has 0 bridgehead atoms. The van der Waals surface area contributed by atoms with Crippen LogP contribution in [0.25, 0.3) is 0 Å². The lowest BCUT2D eigenvalue weighted by molar-refractivity contribution is 0.0652. The van der Waals surface area contributed by atoms with Gasteiger partial charge in [0.15, 0.2) is 0 Å². The topological polar surface area (TPSA) is 61.4 Å². The molecule has 1 saturated heterocycles. The Hall–Kier alpha value is -1.72. The Kier molecular flexibility index (Phi) is 3.31. The highest BCUT2D eigenvalue weighted by molar-refractivity contribution is 6.21. The van der Waals surface area contributed by atoms with Crippen LogP contribution in [0.3, 0.4) is 0 Å². The summed E-state index contributed by atoms with van der Waals surface area (Å²) in [5.74, 6) is -0.357. The molecule has 1 unspecified atom stereocenters. The molecule has 3 rings (SSSR count). The monoisotopic (exact) mass is 273 g/mol. The average molecular weight is 273 g/mol. The van der Waals surface area contributed by atoms with E-state index in [0.717, 1.165) is 19.5 Å². The fourth-order valence-electron chi connectivity index (χ4n) is 2.88. The van der Waals surface area contributed by atoms with Crippen molar-refractivity contribution in [2.45, 2.75) is 18.9 Å². The van der Waals surface area contributed by atoms with Gasteiger partial charge in [0.2, 0.25) is 0 Å². The Morgan fingerprint density at radius 2 is 1.90 bits per heavy atom. The van der Waals surface area contributed by atoms with Gasteiger partial charge >= 0.3 is 0 Å². The van der Waals surface area contributed by atoms with Crippen molar-refractivity contribution in [2.24, 2.45) is 0 Å². The minimum atomic E-state index is -0.179. The highest BCUT2D eigenvalue weighted by Crippen LogP contribution is 2.22. The molecule has 5 heteroatoms. The number of benzene rings is 1. The molecule has 2 amide bonds. The smallest absolute Gasteiger partial charge is 0.261 e. The van der Waals surface area contributed by atoms with Gasteiger partial charge in [-0.1, -0.05) is 12.1 Å². The van der Waals surface area contributed by atoms with E-state index in [1.807, 2.05) is 0 Å². The van der Waals surface area contributed by atoms with E-state index in [1.165, 1.54) is 4.90 Å². The number of carbonyl (C=O) groups is 2. The van der Waals surface area contributed by atoms with Crippen molar-refractivity contribution < 1.29 is 9.59 Å². The van der Waals surface area contributed by atoms with Gasteiger partial charge in [0, 0.05) is 25.2 Å². The van der Waals surface area contributed by atoms with Crippen LogP contribution in [0.2, 0.25) is 0 Å². The number of amides is 2. The third-order valence-corrected chi connectivity index (χ3v) is 4.13. The van der Waals surface area contributed by atoms with Crippen LogP contribution in [0.5, 0.6) is 0 Å². The fourth-order valence-corrected chi connectivity index (χ4v) is 2.88. The first-order valence-electron chi connectivity index (χ1n) is 7.02. The van der Waals surface area contributed by atoms with Gasteiger partial charge in [0.25, 0.3) is 11.8 Å². The SMILES string of the molecule is CC1(NCCN2C(=O)c3ccccc3C2=O)CCNC1. The minimum Gasteiger partial charge on any atom is -0.315 e. The number of imide groups is 1. The molecule has 1 aromatic carbocycles. The van der Waals surface area contributed by atoms with Gasteiger partial charge < -0.3 is 10.6 Å². The summed E-state index contributed by atoms with van der Waals surface area (Å²) < 4.78 is 0. The summed E-state index contributed by atoms with van der Waals surface area (Å²) >= 11 is 0. The molecule has 0 radical (unpaired) electrons. The highest BCUT2D eigenvalue weighted by atomic mass is 16.2. The predicted octanol–water partition coefficient (Wildman–Crippen LogP) is 0.624. The molecule has 2 N–H and O–H groups in total. The van der Waals surface area contributed by atoms with Crippen molar-refractivity contribution in [1.82, 2.24) is 15.5 Å². The zero-order valence-electron chi connectivity index (χ0n) is 11.6. The van der Waals surface area contributed by atoms with Crippen LogP contribution in [-0.4, -0.2) is 48.4 Å². The zero-order chi connectivity index (χ0) is 14.2. The molecular weight excluding hydrogens is 254 g/mol. The Bertz CT molecular complexity index is 515. The van der Waals surface area contributed by atoms with E-state index in [9.17, 15) is 9.59 Å². The van der Waals surface area contributed by atoms with Crippen LogP contribution >= 0.6 is 0 Å². The average Bonchev–Trinajstić information content (AvgIpc) is 2.98. The van der Waals surface area contributed by atoms with E-state index in [-0.39, 0.29) is 17.4 Å². The van der Waals surface area contributed by atoms with Crippen molar-refractivity contribution in [1.29, 1.82) is 0 Å². The second kappa shape index (κ2) is 5.00. The molecule has 2 aliphatic heterocycles. The number of rotatable bonds is 4. The Labute approximate surface area is 118 Å². The van der Waals surface area contributed by atoms with Gasteiger partial charge in [-0.15, -0.1) is 0 Å². The molecule has 5 nitrogen and oxygen atoms in total. The molecule has 1 atom stereocenters. The fraction of sp³-hybridized carbons (Fsp3) is 0.467. The van der Waals surface area contributed by atoms with E-state index in [2.05, 4.69) is 17.6 Å². The first-order valence-corrected chi connectivity index (χ1v) is 7.02. The largest absolute Gasteiger partial charge is 0.315 e. The van der Waals surface area contributed by atoms with Crippen molar-refractivity contribution in [3.8, 4) is 0 Å². The zero-order valence-corrected chi connectivity index (χ0v) is 11.6. The van der Waals surface area contributed by atoms with E-state index >= 15 is 0 Å². The summed E-state index contributed by atoms with van der Waals surface area (Å²) in [6.45, 7) is 5.15. The standard InChI is InChI=1S/C15H19N3O2/c1-15(6-7-16-10-15)17-8-9-18-13(19)11-4-2-3-5-12(11)14(18)20/h2-5,16-17H,6-10H2,1H3. The number of nitrogens with zero attached hydrogens (tertiary/aromatic N) is 1. The second-order valence-electron chi connectivity index (χ2n) is 5.72. The third-order valence-electron chi connectivity index (χ3n) is 4.13. The molecule has 106 valence electrons. The number of nitrogens with one attached hydrogen (secondary N) is 2. The summed E-state index contributed by atoms with van der Waals surface area (Å²) in [6, 6.07) is 7.00. The predicted molar refractivity (Wildman–Crippen MR) is 75.7 cm³/mol. The molecule has 0 aliphatic carbocycles. The van der Waals surface area contributed by atoms with E-state index in [4.69, 9.17) is 0 Å². The van der Waals surface area contributed by atoms with Crippen LogP contribution in [0.15, 0.2) is 24.3 Å². The first kappa shape index (κ1) is 13.3. The molecule has 1 fully saturated rings. The molecule has 0 saturated carbocycles. The molecule has 20 heavy (non-hydrogen) atoms. The van der Waals surface area contributed by atoms with Crippen molar-refractivity contribution in [2.75, 3.05) is 26.2 Å². The maximum absolute atomic E-state index is 12.2. The lowest BCUT2D eigenvalue weighted by Crippen LogP contribution is -2.48. The van der Waals surface area contributed by atoms with Crippen molar-refractivity contribution in [3.05, 3.63) is 35.4 Å². The van der Waals surface area contributed by atoms with E-state index in [0.29, 0.717) is 24.2 Å². The van der Waals surface area contributed by atoms with E-state index in [1.54, 1.807) is 24.3 Å². The number of hydrogen-bond acceptors (Lipinski definition) is 4. The quantitative estimate of drug-likeness (QED) is 0.790. The summed E-state index contributed by atoms with van der Waals surface area (Å²) in [6.07, 6.45) is 1.06.